The summed E-state index contributed by atoms with van der Waals surface area (Å²) in [7, 11) is 2.02. The number of hydrogen-bond acceptors (Lipinski definition) is 6. The second kappa shape index (κ2) is 4.04. The van der Waals surface area contributed by atoms with Crippen molar-refractivity contribution in [2.45, 2.75) is 12.7 Å². The van der Waals surface area contributed by atoms with E-state index in [1.165, 1.54) is 0 Å². The molecule has 0 saturated carbocycles. The van der Waals surface area contributed by atoms with Crippen LogP contribution in [0.2, 0.25) is 0 Å². The number of aliphatic hydroxyl groups excluding tert-OH is 1. The minimum absolute atomic E-state index is 0.141. The van der Waals surface area contributed by atoms with Gasteiger partial charge in [-0.2, -0.15) is 4.98 Å². The van der Waals surface area contributed by atoms with Gasteiger partial charge in [0, 0.05) is 13.1 Å². The molecule has 1 aromatic heterocycles. The number of ether oxygens (including phenoxy) is 1. The first-order valence-corrected chi connectivity index (χ1v) is 4.53. The van der Waals surface area contributed by atoms with E-state index in [4.69, 9.17) is 14.4 Å². The Hall–Kier alpha value is -0.980. The Morgan fingerprint density at radius 1 is 1.64 bits per heavy atom. The molecule has 2 heterocycles. The first-order valence-electron chi connectivity index (χ1n) is 4.53. The van der Waals surface area contributed by atoms with E-state index in [2.05, 4.69) is 15.0 Å². The van der Waals surface area contributed by atoms with Crippen molar-refractivity contribution >= 4 is 0 Å². The Morgan fingerprint density at radius 3 is 3.14 bits per heavy atom. The molecule has 14 heavy (non-hydrogen) atoms. The third-order valence-electron chi connectivity index (χ3n) is 2.18. The van der Waals surface area contributed by atoms with Crippen molar-refractivity contribution < 1.29 is 14.4 Å². The number of morpholine rings is 1. The molecule has 0 radical (unpaired) electrons. The van der Waals surface area contributed by atoms with Gasteiger partial charge in [0.15, 0.2) is 0 Å². The summed E-state index contributed by atoms with van der Waals surface area (Å²) in [4.78, 5) is 6.15. The molecule has 1 atom stereocenters. The van der Waals surface area contributed by atoms with Crippen LogP contribution in [0.5, 0.6) is 0 Å². The molecule has 1 fully saturated rings. The van der Waals surface area contributed by atoms with E-state index in [0.29, 0.717) is 12.4 Å². The van der Waals surface area contributed by atoms with Gasteiger partial charge < -0.3 is 19.3 Å². The van der Waals surface area contributed by atoms with E-state index in [9.17, 15) is 0 Å². The predicted octanol–water partition coefficient (Wildman–Crippen LogP) is -0.435. The topological polar surface area (TPSA) is 71.6 Å². The normalized spacial score (nSPS) is 24.0. The Labute approximate surface area is 81.5 Å². The zero-order valence-electron chi connectivity index (χ0n) is 8.01. The van der Waals surface area contributed by atoms with Crippen LogP contribution in [0.4, 0.5) is 0 Å². The molecule has 1 saturated heterocycles. The summed E-state index contributed by atoms with van der Waals surface area (Å²) in [5, 5.41) is 12.5. The lowest BCUT2D eigenvalue weighted by Gasteiger charge is -2.27. The monoisotopic (exact) mass is 199 g/mol. The third-order valence-corrected chi connectivity index (χ3v) is 2.18. The summed E-state index contributed by atoms with van der Waals surface area (Å²) in [6, 6.07) is 0. The molecular formula is C8H13N3O3. The zero-order chi connectivity index (χ0) is 9.97. The molecular weight excluding hydrogens is 186 g/mol. The van der Waals surface area contributed by atoms with Crippen LogP contribution in [0.15, 0.2) is 4.52 Å². The van der Waals surface area contributed by atoms with Crippen LogP contribution in [0.1, 0.15) is 17.8 Å². The maximum absolute atomic E-state index is 8.75. The molecule has 6 heteroatoms. The SMILES string of the molecule is CN1CCOC(c2noc(CO)n2)C1. The van der Waals surface area contributed by atoms with E-state index in [-0.39, 0.29) is 18.6 Å². The van der Waals surface area contributed by atoms with Gasteiger partial charge in [0.05, 0.1) is 6.61 Å². The summed E-state index contributed by atoms with van der Waals surface area (Å²) in [6.07, 6.45) is -0.141. The number of aromatic nitrogens is 2. The smallest absolute Gasteiger partial charge is 0.252 e. The lowest BCUT2D eigenvalue weighted by Crippen LogP contribution is -2.35. The zero-order valence-corrected chi connectivity index (χ0v) is 8.01. The lowest BCUT2D eigenvalue weighted by molar-refractivity contribution is -0.0264. The van der Waals surface area contributed by atoms with E-state index in [1.807, 2.05) is 7.05 Å². The average Bonchev–Trinajstić information content (AvgIpc) is 2.66. The van der Waals surface area contributed by atoms with Gasteiger partial charge in [-0.1, -0.05) is 5.16 Å². The molecule has 0 spiro atoms. The first kappa shape index (κ1) is 9.57. The molecule has 0 aliphatic carbocycles. The molecule has 1 aliphatic heterocycles. The number of aliphatic hydroxyl groups is 1. The minimum Gasteiger partial charge on any atom is -0.387 e. The summed E-state index contributed by atoms with van der Waals surface area (Å²) >= 11 is 0. The standard InChI is InChI=1S/C8H13N3O3/c1-11-2-3-13-6(4-11)8-9-7(5-12)14-10-8/h6,12H,2-5H2,1H3. The minimum atomic E-state index is -0.227. The molecule has 2 rings (SSSR count). The highest BCUT2D eigenvalue weighted by Crippen LogP contribution is 2.18. The highest BCUT2D eigenvalue weighted by atomic mass is 16.5. The van der Waals surface area contributed by atoms with Gasteiger partial charge in [-0.05, 0) is 7.05 Å². The third kappa shape index (κ3) is 1.92. The molecule has 1 aromatic rings. The van der Waals surface area contributed by atoms with Gasteiger partial charge in [-0.15, -0.1) is 0 Å². The van der Waals surface area contributed by atoms with Gasteiger partial charge >= 0.3 is 0 Å². The summed E-state index contributed by atoms with van der Waals surface area (Å²) in [5.41, 5.74) is 0. The Morgan fingerprint density at radius 2 is 2.50 bits per heavy atom. The predicted molar refractivity (Wildman–Crippen MR) is 46.4 cm³/mol. The molecule has 78 valence electrons. The molecule has 1 unspecified atom stereocenters. The van der Waals surface area contributed by atoms with E-state index in [1.54, 1.807) is 0 Å². The highest BCUT2D eigenvalue weighted by molar-refractivity contribution is 4.92. The second-order valence-corrected chi connectivity index (χ2v) is 3.33. The number of likely N-dealkylation sites (N-methyl/N-ethyl adjacent to an activating group) is 1. The Bertz CT molecular complexity index is 302. The fraction of sp³-hybridized carbons (Fsp3) is 0.750. The van der Waals surface area contributed by atoms with E-state index < -0.39 is 0 Å². The number of hydrogen-bond donors (Lipinski definition) is 1. The molecule has 6 nitrogen and oxygen atoms in total. The van der Waals surface area contributed by atoms with Crippen LogP contribution < -0.4 is 0 Å². The van der Waals surface area contributed by atoms with Gasteiger partial charge in [-0.25, -0.2) is 0 Å². The lowest BCUT2D eigenvalue weighted by atomic mass is 10.3. The maximum atomic E-state index is 8.75. The van der Waals surface area contributed by atoms with Gasteiger partial charge in [0.2, 0.25) is 5.82 Å². The van der Waals surface area contributed by atoms with Crippen molar-refractivity contribution in [3.63, 3.8) is 0 Å². The van der Waals surface area contributed by atoms with E-state index >= 15 is 0 Å². The van der Waals surface area contributed by atoms with Crippen molar-refractivity contribution in [2.75, 3.05) is 26.7 Å². The fourth-order valence-electron chi connectivity index (χ4n) is 1.40. The van der Waals surface area contributed by atoms with Crippen LogP contribution in [0.25, 0.3) is 0 Å². The quantitative estimate of drug-likeness (QED) is 0.696. The summed E-state index contributed by atoms with van der Waals surface area (Å²) < 4.78 is 10.3. The van der Waals surface area contributed by atoms with E-state index in [0.717, 1.165) is 13.1 Å². The van der Waals surface area contributed by atoms with Crippen molar-refractivity contribution in [3.05, 3.63) is 11.7 Å². The van der Waals surface area contributed by atoms with Gasteiger partial charge in [0.25, 0.3) is 5.89 Å². The number of rotatable bonds is 2. The molecule has 0 aromatic carbocycles. The fourth-order valence-corrected chi connectivity index (χ4v) is 1.40. The van der Waals surface area contributed by atoms with Crippen LogP contribution in [0.3, 0.4) is 0 Å². The maximum Gasteiger partial charge on any atom is 0.252 e. The van der Waals surface area contributed by atoms with Crippen LogP contribution in [-0.4, -0.2) is 46.9 Å². The second-order valence-electron chi connectivity index (χ2n) is 3.33. The van der Waals surface area contributed by atoms with Crippen LogP contribution in [-0.2, 0) is 11.3 Å². The van der Waals surface area contributed by atoms with Crippen molar-refractivity contribution in [1.82, 2.24) is 15.0 Å². The Kier molecular flexibility index (Phi) is 2.76. The summed E-state index contributed by atoms with van der Waals surface area (Å²) in [6.45, 7) is 2.12. The number of nitrogens with zero attached hydrogens (tertiary/aromatic N) is 3. The molecule has 0 bridgehead atoms. The first-order chi connectivity index (χ1) is 6.79. The molecule has 1 aliphatic rings. The van der Waals surface area contributed by atoms with Crippen molar-refractivity contribution in [1.29, 1.82) is 0 Å². The Balaban J connectivity index is 2.06. The van der Waals surface area contributed by atoms with Crippen molar-refractivity contribution in [3.8, 4) is 0 Å². The largest absolute Gasteiger partial charge is 0.387 e. The van der Waals surface area contributed by atoms with Crippen LogP contribution >= 0.6 is 0 Å². The average molecular weight is 199 g/mol. The highest BCUT2D eigenvalue weighted by Gasteiger charge is 2.24. The summed E-state index contributed by atoms with van der Waals surface area (Å²) in [5.74, 6) is 0.748. The van der Waals surface area contributed by atoms with Gasteiger partial charge in [-0.3, -0.25) is 0 Å². The van der Waals surface area contributed by atoms with Crippen LogP contribution in [0, 0.1) is 0 Å². The van der Waals surface area contributed by atoms with Crippen molar-refractivity contribution in [2.24, 2.45) is 0 Å². The molecule has 0 amide bonds. The van der Waals surface area contributed by atoms with Gasteiger partial charge in [0.1, 0.15) is 12.7 Å². The molecule has 1 N–H and O–H groups in total.